The largest absolute Gasteiger partial charge is 0.357 e. The fraction of sp³-hybridized carbons (Fsp3) is 0.500. The predicted molar refractivity (Wildman–Crippen MR) is 121 cm³/mol. The second kappa shape index (κ2) is 11.0. The van der Waals surface area contributed by atoms with Gasteiger partial charge in [-0.25, -0.2) is 0 Å². The van der Waals surface area contributed by atoms with E-state index in [1.165, 1.54) is 16.7 Å². The molecule has 1 aliphatic rings. The lowest BCUT2D eigenvalue weighted by molar-refractivity contribution is 0.134. The zero-order valence-electron chi connectivity index (χ0n) is 18.1. The first-order chi connectivity index (χ1) is 14.2. The minimum absolute atomic E-state index is 0.470. The third-order valence-electron chi connectivity index (χ3n) is 5.71. The number of benzene rings is 1. The van der Waals surface area contributed by atoms with Crippen molar-refractivity contribution in [3.05, 3.63) is 65.5 Å². The van der Waals surface area contributed by atoms with Gasteiger partial charge < -0.3 is 10.6 Å². The second-order valence-corrected chi connectivity index (χ2v) is 7.98. The van der Waals surface area contributed by atoms with E-state index in [9.17, 15) is 0 Å². The van der Waals surface area contributed by atoms with Gasteiger partial charge in [-0.2, -0.15) is 0 Å². The van der Waals surface area contributed by atoms with Gasteiger partial charge in [-0.05, 0) is 62.8 Å². The normalized spacial score (nSPS) is 20.4. The topological polar surface area (TPSA) is 52.6 Å². The molecule has 1 aliphatic heterocycles. The van der Waals surface area contributed by atoms with Gasteiger partial charge in [-0.3, -0.25) is 14.9 Å². The lowest BCUT2D eigenvalue weighted by Crippen LogP contribution is -2.51. The lowest BCUT2D eigenvalue weighted by atomic mass is 9.97. The number of nitrogens with zero attached hydrogens (tertiary/aromatic N) is 3. The van der Waals surface area contributed by atoms with E-state index in [0.29, 0.717) is 12.1 Å². The van der Waals surface area contributed by atoms with Gasteiger partial charge in [0.15, 0.2) is 5.96 Å². The summed E-state index contributed by atoms with van der Waals surface area (Å²) in [5, 5.41) is 7.08. The smallest absolute Gasteiger partial charge is 0.191 e. The molecule has 3 rings (SSSR count). The van der Waals surface area contributed by atoms with Crippen molar-refractivity contribution in [3.8, 4) is 0 Å². The Labute approximate surface area is 175 Å². The monoisotopic (exact) mass is 393 g/mol. The Balaban J connectivity index is 1.51. The van der Waals surface area contributed by atoms with Crippen LogP contribution in [0.5, 0.6) is 0 Å². The van der Waals surface area contributed by atoms with Crippen molar-refractivity contribution in [1.29, 1.82) is 0 Å². The number of aromatic nitrogens is 1. The second-order valence-electron chi connectivity index (χ2n) is 7.98. The van der Waals surface area contributed by atoms with Crippen LogP contribution in [0, 0.1) is 6.92 Å². The van der Waals surface area contributed by atoms with Gasteiger partial charge >= 0.3 is 0 Å². The van der Waals surface area contributed by atoms with E-state index >= 15 is 0 Å². The van der Waals surface area contributed by atoms with Crippen LogP contribution in [0.25, 0.3) is 0 Å². The van der Waals surface area contributed by atoms with Crippen LogP contribution in [0.15, 0.2) is 53.8 Å². The van der Waals surface area contributed by atoms with Gasteiger partial charge in [-0.15, -0.1) is 0 Å². The van der Waals surface area contributed by atoms with E-state index in [2.05, 4.69) is 77.7 Å². The molecular weight excluding hydrogens is 358 g/mol. The summed E-state index contributed by atoms with van der Waals surface area (Å²) in [5.74, 6) is 0.938. The molecule has 5 nitrogen and oxygen atoms in total. The van der Waals surface area contributed by atoms with Gasteiger partial charge in [0.25, 0.3) is 0 Å². The van der Waals surface area contributed by atoms with Crippen molar-refractivity contribution in [1.82, 2.24) is 20.5 Å². The maximum atomic E-state index is 4.82. The first-order valence-electron chi connectivity index (χ1n) is 10.9. The number of hydrogen-bond donors (Lipinski definition) is 2. The summed E-state index contributed by atoms with van der Waals surface area (Å²) in [6.45, 7) is 10.4. The summed E-state index contributed by atoms with van der Waals surface area (Å²) >= 11 is 0. The molecule has 29 heavy (non-hydrogen) atoms. The molecule has 2 N–H and O–H groups in total. The highest BCUT2D eigenvalue weighted by molar-refractivity contribution is 5.80. The molecule has 0 spiro atoms. The number of aliphatic imine (C=N–C) groups is 1. The van der Waals surface area contributed by atoms with Crippen LogP contribution in [0.3, 0.4) is 0 Å². The van der Waals surface area contributed by atoms with Gasteiger partial charge in [0.2, 0.25) is 0 Å². The van der Waals surface area contributed by atoms with E-state index in [-0.39, 0.29) is 0 Å². The molecule has 0 radical (unpaired) electrons. The molecule has 0 amide bonds. The van der Waals surface area contributed by atoms with Crippen molar-refractivity contribution in [2.24, 2.45) is 4.99 Å². The van der Waals surface area contributed by atoms with Gasteiger partial charge in [0, 0.05) is 50.7 Å². The molecule has 5 heteroatoms. The van der Waals surface area contributed by atoms with Crippen molar-refractivity contribution in [2.45, 2.75) is 58.7 Å². The SMILES string of the molecule is CCNC(=NCCc1ccncc1C)NC1CCN(Cc2ccccc2)C(C)C1. The Morgan fingerprint density at radius 3 is 2.79 bits per heavy atom. The fourth-order valence-corrected chi connectivity index (χ4v) is 3.99. The molecule has 0 aliphatic carbocycles. The maximum Gasteiger partial charge on any atom is 0.191 e. The number of hydrogen-bond acceptors (Lipinski definition) is 3. The van der Waals surface area contributed by atoms with Gasteiger partial charge in [-0.1, -0.05) is 30.3 Å². The molecule has 1 aromatic heterocycles. The molecule has 1 saturated heterocycles. The summed E-state index contributed by atoms with van der Waals surface area (Å²) in [6.07, 6.45) is 7.01. The minimum Gasteiger partial charge on any atom is -0.357 e. The van der Waals surface area contributed by atoms with Crippen LogP contribution in [0.1, 0.15) is 43.4 Å². The lowest BCUT2D eigenvalue weighted by Gasteiger charge is -2.38. The van der Waals surface area contributed by atoms with Crippen molar-refractivity contribution < 1.29 is 0 Å². The van der Waals surface area contributed by atoms with Crippen LogP contribution in [-0.2, 0) is 13.0 Å². The number of piperidine rings is 1. The molecule has 0 bridgehead atoms. The van der Waals surface area contributed by atoms with Crippen LogP contribution in [0.4, 0.5) is 0 Å². The van der Waals surface area contributed by atoms with Crippen LogP contribution in [0.2, 0.25) is 0 Å². The summed E-state index contributed by atoms with van der Waals surface area (Å²) in [5.41, 5.74) is 3.95. The molecule has 1 fully saturated rings. The number of likely N-dealkylation sites (tertiary alicyclic amines) is 1. The van der Waals surface area contributed by atoms with E-state index in [0.717, 1.165) is 51.4 Å². The summed E-state index contributed by atoms with van der Waals surface area (Å²) in [7, 11) is 0. The number of pyridine rings is 1. The number of aryl methyl sites for hydroxylation is 1. The third-order valence-corrected chi connectivity index (χ3v) is 5.71. The van der Waals surface area contributed by atoms with Crippen molar-refractivity contribution >= 4 is 5.96 Å². The van der Waals surface area contributed by atoms with Crippen LogP contribution >= 0.6 is 0 Å². The molecule has 1 aromatic carbocycles. The van der Waals surface area contributed by atoms with Crippen molar-refractivity contribution in [2.75, 3.05) is 19.6 Å². The summed E-state index contributed by atoms with van der Waals surface area (Å²) < 4.78 is 0. The highest BCUT2D eigenvalue weighted by Gasteiger charge is 2.25. The Morgan fingerprint density at radius 1 is 1.24 bits per heavy atom. The average Bonchev–Trinajstić information content (AvgIpc) is 2.72. The van der Waals surface area contributed by atoms with Gasteiger partial charge in [0.05, 0.1) is 0 Å². The van der Waals surface area contributed by atoms with Gasteiger partial charge in [0.1, 0.15) is 0 Å². The number of nitrogens with one attached hydrogen (secondary N) is 2. The van der Waals surface area contributed by atoms with Crippen LogP contribution < -0.4 is 10.6 Å². The number of rotatable bonds is 7. The van der Waals surface area contributed by atoms with E-state index in [1.807, 2.05) is 12.4 Å². The molecule has 0 saturated carbocycles. The highest BCUT2D eigenvalue weighted by Crippen LogP contribution is 2.20. The molecular formula is C24H35N5. The quantitative estimate of drug-likeness (QED) is 0.558. The first-order valence-corrected chi connectivity index (χ1v) is 10.9. The molecule has 2 heterocycles. The Morgan fingerprint density at radius 2 is 2.07 bits per heavy atom. The minimum atomic E-state index is 0.470. The molecule has 2 aromatic rings. The third kappa shape index (κ3) is 6.57. The predicted octanol–water partition coefficient (Wildman–Crippen LogP) is 3.54. The summed E-state index contributed by atoms with van der Waals surface area (Å²) in [6, 6.07) is 13.9. The molecule has 156 valence electrons. The van der Waals surface area contributed by atoms with E-state index in [1.54, 1.807) is 0 Å². The van der Waals surface area contributed by atoms with E-state index in [4.69, 9.17) is 4.99 Å². The number of guanidine groups is 1. The fourth-order valence-electron chi connectivity index (χ4n) is 3.99. The van der Waals surface area contributed by atoms with E-state index < -0.39 is 0 Å². The first kappa shape index (κ1) is 21.3. The summed E-state index contributed by atoms with van der Waals surface area (Å²) in [4.78, 5) is 11.6. The molecule has 2 atom stereocenters. The standard InChI is InChI=1S/C24H35N5/c1-4-26-24(27-14-11-22-10-13-25-17-19(22)2)28-23-12-15-29(20(3)16-23)18-21-8-6-5-7-9-21/h5-10,13,17,20,23H,4,11-12,14-16,18H2,1-3H3,(H2,26,27,28). The zero-order chi connectivity index (χ0) is 20.5. The Bertz CT molecular complexity index is 774. The molecule has 2 unspecified atom stereocenters. The average molecular weight is 394 g/mol. The highest BCUT2D eigenvalue weighted by atomic mass is 15.2. The Kier molecular flexibility index (Phi) is 8.05. The maximum absolute atomic E-state index is 4.82. The van der Waals surface area contributed by atoms with Crippen LogP contribution in [-0.4, -0.2) is 47.6 Å². The Hall–Kier alpha value is -2.40. The zero-order valence-corrected chi connectivity index (χ0v) is 18.1. The van der Waals surface area contributed by atoms with Crippen molar-refractivity contribution in [3.63, 3.8) is 0 Å².